The summed E-state index contributed by atoms with van der Waals surface area (Å²) in [5.41, 5.74) is 2.18. The summed E-state index contributed by atoms with van der Waals surface area (Å²) >= 11 is 6.30. The van der Waals surface area contributed by atoms with E-state index in [0.717, 1.165) is 24.2 Å². The van der Waals surface area contributed by atoms with Gasteiger partial charge in [-0.3, -0.25) is 4.98 Å². The summed E-state index contributed by atoms with van der Waals surface area (Å²) < 4.78 is 0. The molecule has 1 heterocycles. The van der Waals surface area contributed by atoms with Crippen molar-refractivity contribution in [2.45, 2.75) is 64.2 Å². The van der Waals surface area contributed by atoms with Crippen LogP contribution in [-0.4, -0.2) is 16.6 Å². The standard InChI is InChI=1S/C21H29ClN2/c1-14(13-23)10-15(2)19-11-17-8-6-7-9-18(17)20(24-19)21(4,5)12-16(3)22/h6-9,11,13-16,23H,10,12H2,1-5H3. The van der Waals surface area contributed by atoms with Crippen LogP contribution in [0.25, 0.3) is 10.8 Å². The minimum atomic E-state index is -0.0797. The lowest BCUT2D eigenvalue weighted by atomic mass is 9.81. The highest BCUT2D eigenvalue weighted by Crippen LogP contribution is 2.35. The van der Waals surface area contributed by atoms with Crippen LogP contribution in [0.1, 0.15) is 64.8 Å². The maximum absolute atomic E-state index is 7.45. The molecule has 0 bridgehead atoms. The van der Waals surface area contributed by atoms with Gasteiger partial charge in [0.05, 0.1) is 5.69 Å². The lowest BCUT2D eigenvalue weighted by molar-refractivity contribution is 0.463. The average molecular weight is 345 g/mol. The van der Waals surface area contributed by atoms with Gasteiger partial charge in [0.1, 0.15) is 0 Å². The van der Waals surface area contributed by atoms with E-state index in [0.29, 0.717) is 5.92 Å². The van der Waals surface area contributed by atoms with Gasteiger partial charge in [-0.2, -0.15) is 0 Å². The zero-order valence-corrected chi connectivity index (χ0v) is 16.2. The number of hydrogen-bond acceptors (Lipinski definition) is 2. The normalized spacial score (nSPS) is 15.9. The third kappa shape index (κ3) is 4.36. The number of nitrogens with one attached hydrogen (secondary N) is 1. The Balaban J connectivity index is 2.54. The quantitative estimate of drug-likeness (QED) is 0.463. The molecule has 130 valence electrons. The Morgan fingerprint density at radius 2 is 1.88 bits per heavy atom. The molecule has 0 aliphatic heterocycles. The molecule has 2 nitrogen and oxygen atoms in total. The van der Waals surface area contributed by atoms with Crippen molar-refractivity contribution >= 4 is 28.6 Å². The third-order valence-electron chi connectivity index (χ3n) is 4.71. The van der Waals surface area contributed by atoms with E-state index < -0.39 is 0 Å². The van der Waals surface area contributed by atoms with Crippen LogP contribution in [-0.2, 0) is 5.41 Å². The molecule has 0 saturated carbocycles. The third-order valence-corrected chi connectivity index (χ3v) is 4.86. The van der Waals surface area contributed by atoms with Crippen molar-refractivity contribution in [1.82, 2.24) is 4.98 Å². The van der Waals surface area contributed by atoms with Crippen molar-refractivity contribution in [2.75, 3.05) is 0 Å². The van der Waals surface area contributed by atoms with Crippen LogP contribution in [0.3, 0.4) is 0 Å². The Morgan fingerprint density at radius 1 is 1.21 bits per heavy atom. The van der Waals surface area contributed by atoms with Crippen LogP contribution in [0.5, 0.6) is 0 Å². The number of hydrogen-bond donors (Lipinski definition) is 1. The lowest BCUT2D eigenvalue weighted by Gasteiger charge is -2.28. The average Bonchev–Trinajstić information content (AvgIpc) is 2.52. The zero-order valence-electron chi connectivity index (χ0n) is 15.4. The zero-order chi connectivity index (χ0) is 17.9. The van der Waals surface area contributed by atoms with E-state index in [4.69, 9.17) is 22.0 Å². The Kier molecular flexibility index (Phi) is 6.03. The van der Waals surface area contributed by atoms with Crippen LogP contribution in [0.15, 0.2) is 30.3 Å². The summed E-state index contributed by atoms with van der Waals surface area (Å²) in [6, 6.07) is 10.7. The number of halogens is 1. The van der Waals surface area contributed by atoms with E-state index in [1.165, 1.54) is 17.0 Å². The molecular formula is C21H29ClN2. The van der Waals surface area contributed by atoms with E-state index in [1.54, 1.807) is 0 Å². The summed E-state index contributed by atoms with van der Waals surface area (Å²) in [7, 11) is 0. The number of nitrogens with zero attached hydrogens (tertiary/aromatic N) is 1. The predicted molar refractivity (Wildman–Crippen MR) is 106 cm³/mol. The Hall–Kier alpha value is -1.41. The molecule has 0 aliphatic rings. The number of rotatable bonds is 7. The van der Waals surface area contributed by atoms with Gasteiger partial charge >= 0.3 is 0 Å². The van der Waals surface area contributed by atoms with Crippen molar-refractivity contribution in [3.05, 3.63) is 41.7 Å². The summed E-state index contributed by atoms with van der Waals surface area (Å²) in [5.74, 6) is 0.599. The largest absolute Gasteiger partial charge is 0.313 e. The van der Waals surface area contributed by atoms with Crippen molar-refractivity contribution in [3.8, 4) is 0 Å². The van der Waals surface area contributed by atoms with Gasteiger partial charge in [0.2, 0.25) is 0 Å². The van der Waals surface area contributed by atoms with Gasteiger partial charge in [-0.1, -0.05) is 52.0 Å². The molecular weight excluding hydrogens is 316 g/mol. The van der Waals surface area contributed by atoms with Gasteiger partial charge in [-0.05, 0) is 49.3 Å². The molecule has 2 aromatic rings. The summed E-state index contributed by atoms with van der Waals surface area (Å²) in [5, 5.41) is 10.0. The van der Waals surface area contributed by atoms with Crippen LogP contribution >= 0.6 is 11.6 Å². The second-order valence-electron chi connectivity index (χ2n) is 7.77. The number of fused-ring (bicyclic) bond motifs is 1. The predicted octanol–water partition coefficient (Wildman–Crippen LogP) is 6.31. The first-order valence-electron chi connectivity index (χ1n) is 8.79. The van der Waals surface area contributed by atoms with E-state index in [-0.39, 0.29) is 16.7 Å². The number of pyridine rings is 1. The molecule has 3 unspecified atom stereocenters. The smallest absolute Gasteiger partial charge is 0.0542 e. The molecule has 1 N–H and O–H groups in total. The minimum absolute atomic E-state index is 0.0797. The molecule has 0 fully saturated rings. The van der Waals surface area contributed by atoms with Gasteiger partial charge in [0, 0.05) is 21.9 Å². The molecule has 3 heteroatoms. The van der Waals surface area contributed by atoms with E-state index in [2.05, 4.69) is 58.0 Å². The topological polar surface area (TPSA) is 36.7 Å². The van der Waals surface area contributed by atoms with E-state index in [1.807, 2.05) is 6.92 Å². The van der Waals surface area contributed by atoms with Gasteiger partial charge in [0.15, 0.2) is 0 Å². The fourth-order valence-electron chi connectivity index (χ4n) is 3.53. The molecule has 3 atom stereocenters. The Morgan fingerprint density at radius 3 is 2.50 bits per heavy atom. The summed E-state index contributed by atoms with van der Waals surface area (Å²) in [6.45, 7) is 10.8. The molecule has 0 aliphatic carbocycles. The first kappa shape index (κ1) is 18.9. The first-order valence-corrected chi connectivity index (χ1v) is 9.23. The number of aromatic nitrogens is 1. The van der Waals surface area contributed by atoms with E-state index >= 15 is 0 Å². The lowest BCUT2D eigenvalue weighted by Crippen LogP contribution is -2.23. The summed E-state index contributed by atoms with van der Waals surface area (Å²) in [6.07, 6.45) is 3.36. The maximum atomic E-state index is 7.45. The van der Waals surface area contributed by atoms with Gasteiger partial charge in [0.25, 0.3) is 0 Å². The van der Waals surface area contributed by atoms with Gasteiger partial charge in [-0.25, -0.2) is 0 Å². The highest BCUT2D eigenvalue weighted by atomic mass is 35.5. The van der Waals surface area contributed by atoms with Crippen molar-refractivity contribution < 1.29 is 0 Å². The van der Waals surface area contributed by atoms with Crippen LogP contribution in [0.2, 0.25) is 0 Å². The molecule has 0 radical (unpaired) electrons. The number of benzene rings is 1. The molecule has 2 rings (SSSR count). The highest BCUT2D eigenvalue weighted by Gasteiger charge is 2.27. The van der Waals surface area contributed by atoms with E-state index in [9.17, 15) is 0 Å². The SMILES string of the molecule is CC(Cl)CC(C)(C)c1nc(C(C)CC(C)C=N)cc2ccccc12. The van der Waals surface area contributed by atoms with Crippen molar-refractivity contribution in [3.63, 3.8) is 0 Å². The maximum Gasteiger partial charge on any atom is 0.0542 e. The highest BCUT2D eigenvalue weighted by molar-refractivity contribution is 6.20. The molecule has 1 aromatic carbocycles. The molecule has 1 aromatic heterocycles. The molecule has 0 amide bonds. The minimum Gasteiger partial charge on any atom is -0.313 e. The van der Waals surface area contributed by atoms with Crippen molar-refractivity contribution in [1.29, 1.82) is 5.41 Å². The first-order chi connectivity index (χ1) is 11.2. The molecule has 0 spiro atoms. The van der Waals surface area contributed by atoms with Crippen LogP contribution < -0.4 is 0 Å². The Labute approximate surface area is 151 Å². The number of alkyl halides is 1. The Bertz CT molecular complexity index is 706. The summed E-state index contributed by atoms with van der Waals surface area (Å²) in [4.78, 5) is 5.08. The van der Waals surface area contributed by atoms with Crippen LogP contribution in [0, 0.1) is 11.3 Å². The van der Waals surface area contributed by atoms with Crippen molar-refractivity contribution in [2.24, 2.45) is 5.92 Å². The molecule has 24 heavy (non-hydrogen) atoms. The van der Waals surface area contributed by atoms with Gasteiger partial charge < -0.3 is 5.41 Å². The second-order valence-corrected chi connectivity index (χ2v) is 8.51. The molecule has 0 saturated heterocycles. The fourth-order valence-corrected chi connectivity index (χ4v) is 3.92. The van der Waals surface area contributed by atoms with Crippen LogP contribution in [0.4, 0.5) is 0 Å². The van der Waals surface area contributed by atoms with Gasteiger partial charge in [-0.15, -0.1) is 11.6 Å². The fraction of sp³-hybridized carbons (Fsp3) is 0.524. The second kappa shape index (κ2) is 7.65. The monoisotopic (exact) mass is 344 g/mol.